The zero-order valence-corrected chi connectivity index (χ0v) is 12.8. The zero-order chi connectivity index (χ0) is 13.0. The lowest BCUT2D eigenvalue weighted by atomic mass is 10.1. The third-order valence-corrected chi connectivity index (χ3v) is 4.48. The maximum atomic E-state index is 5.25. The van der Waals surface area contributed by atoms with Gasteiger partial charge in [0.15, 0.2) is 0 Å². The second-order valence-corrected chi connectivity index (χ2v) is 6.03. The van der Waals surface area contributed by atoms with Crippen LogP contribution in [0.25, 0.3) is 0 Å². The minimum absolute atomic E-state index is 0.396. The number of methoxy groups -OCH3 is 1. The molecule has 3 heteroatoms. The molecule has 1 fully saturated rings. The van der Waals surface area contributed by atoms with Crippen LogP contribution in [0.3, 0.4) is 0 Å². The van der Waals surface area contributed by atoms with Crippen molar-refractivity contribution in [2.45, 2.75) is 38.6 Å². The summed E-state index contributed by atoms with van der Waals surface area (Å²) < 4.78 is 6.28. The molecular weight excluding hydrogens is 290 g/mol. The van der Waals surface area contributed by atoms with Gasteiger partial charge in [0.05, 0.1) is 11.6 Å². The molecule has 1 aliphatic carbocycles. The maximum absolute atomic E-state index is 5.25. The second-order valence-electron chi connectivity index (χ2n) is 5.17. The number of hydrogen-bond donors (Lipinski definition) is 1. The molecular formula is C15H22BrNO. The molecule has 1 N–H and O–H groups in total. The Kier molecular flexibility index (Phi) is 5.07. The van der Waals surface area contributed by atoms with E-state index in [1.807, 2.05) is 6.07 Å². The monoisotopic (exact) mass is 311 g/mol. The van der Waals surface area contributed by atoms with Crippen molar-refractivity contribution in [3.8, 4) is 5.75 Å². The van der Waals surface area contributed by atoms with Crippen molar-refractivity contribution in [1.82, 2.24) is 5.32 Å². The molecule has 1 unspecified atom stereocenters. The van der Waals surface area contributed by atoms with Crippen molar-refractivity contribution in [3.05, 3.63) is 28.2 Å². The number of nitrogens with one attached hydrogen (secondary N) is 1. The largest absolute Gasteiger partial charge is 0.496 e. The molecule has 0 spiro atoms. The molecule has 1 saturated carbocycles. The summed E-state index contributed by atoms with van der Waals surface area (Å²) in [5, 5.41) is 3.64. The van der Waals surface area contributed by atoms with E-state index in [9.17, 15) is 0 Å². The molecule has 100 valence electrons. The van der Waals surface area contributed by atoms with Gasteiger partial charge in [-0.3, -0.25) is 0 Å². The normalized spacial score (nSPS) is 17.9. The van der Waals surface area contributed by atoms with E-state index in [4.69, 9.17) is 4.74 Å². The summed E-state index contributed by atoms with van der Waals surface area (Å²) in [6.45, 7) is 3.37. The predicted octanol–water partition coefficient (Wildman–Crippen LogP) is 4.30. The van der Waals surface area contributed by atoms with E-state index in [0.29, 0.717) is 6.04 Å². The van der Waals surface area contributed by atoms with Crippen LogP contribution in [0, 0.1) is 5.92 Å². The Morgan fingerprint density at radius 1 is 1.39 bits per heavy atom. The lowest BCUT2D eigenvalue weighted by Crippen LogP contribution is -2.24. The highest BCUT2D eigenvalue weighted by Gasteiger charge is 2.16. The van der Waals surface area contributed by atoms with Crippen LogP contribution in [0.15, 0.2) is 22.7 Å². The third-order valence-electron chi connectivity index (χ3n) is 3.86. The molecule has 1 aromatic carbocycles. The number of hydrogen-bond acceptors (Lipinski definition) is 2. The molecule has 0 amide bonds. The second kappa shape index (κ2) is 6.58. The van der Waals surface area contributed by atoms with Crippen LogP contribution in [0.1, 0.15) is 44.2 Å². The standard InChI is InChI=1S/C15H22BrNO/c1-11(17-10-12-5-3-4-6-12)13-7-8-15(18-2)14(16)9-13/h7-9,11-12,17H,3-6,10H2,1-2H3. The van der Waals surface area contributed by atoms with Gasteiger partial charge in [0.25, 0.3) is 0 Å². The van der Waals surface area contributed by atoms with Crippen LogP contribution < -0.4 is 10.1 Å². The Labute approximate surface area is 118 Å². The average Bonchev–Trinajstić information content (AvgIpc) is 2.89. The minimum Gasteiger partial charge on any atom is -0.496 e. The molecule has 1 atom stereocenters. The summed E-state index contributed by atoms with van der Waals surface area (Å²) in [6.07, 6.45) is 5.61. The first-order valence-corrected chi connectivity index (χ1v) is 7.57. The summed E-state index contributed by atoms with van der Waals surface area (Å²) in [5.74, 6) is 1.77. The van der Waals surface area contributed by atoms with Crippen molar-refractivity contribution in [2.24, 2.45) is 5.92 Å². The van der Waals surface area contributed by atoms with Crippen molar-refractivity contribution in [2.75, 3.05) is 13.7 Å². The van der Waals surface area contributed by atoms with Crippen molar-refractivity contribution < 1.29 is 4.74 Å². The molecule has 0 aliphatic heterocycles. The van der Waals surface area contributed by atoms with Gasteiger partial charge in [-0.2, -0.15) is 0 Å². The van der Waals surface area contributed by atoms with Crippen LogP contribution in [-0.2, 0) is 0 Å². The van der Waals surface area contributed by atoms with E-state index in [0.717, 1.165) is 22.7 Å². The van der Waals surface area contributed by atoms with E-state index in [2.05, 4.69) is 40.3 Å². The van der Waals surface area contributed by atoms with Gasteiger partial charge in [0.1, 0.15) is 5.75 Å². The Morgan fingerprint density at radius 2 is 2.11 bits per heavy atom. The Balaban J connectivity index is 1.91. The number of halogens is 1. The molecule has 18 heavy (non-hydrogen) atoms. The van der Waals surface area contributed by atoms with E-state index in [1.54, 1.807) is 7.11 Å². The fourth-order valence-corrected chi connectivity index (χ4v) is 3.19. The van der Waals surface area contributed by atoms with Crippen LogP contribution in [0.5, 0.6) is 5.75 Å². The Morgan fingerprint density at radius 3 is 2.72 bits per heavy atom. The summed E-state index contributed by atoms with van der Waals surface area (Å²) in [4.78, 5) is 0. The van der Waals surface area contributed by atoms with Gasteiger partial charge in [-0.1, -0.05) is 18.9 Å². The summed E-state index contributed by atoms with van der Waals surface area (Å²) in [7, 11) is 1.70. The van der Waals surface area contributed by atoms with Gasteiger partial charge >= 0.3 is 0 Å². The molecule has 0 saturated heterocycles. The lowest BCUT2D eigenvalue weighted by Gasteiger charge is -2.18. The van der Waals surface area contributed by atoms with Gasteiger partial charge in [0.2, 0.25) is 0 Å². The maximum Gasteiger partial charge on any atom is 0.133 e. The first kappa shape index (κ1) is 13.9. The van der Waals surface area contributed by atoms with Crippen LogP contribution >= 0.6 is 15.9 Å². The summed E-state index contributed by atoms with van der Waals surface area (Å²) in [5.41, 5.74) is 1.31. The minimum atomic E-state index is 0.396. The fourth-order valence-electron chi connectivity index (χ4n) is 2.63. The SMILES string of the molecule is COc1ccc(C(C)NCC2CCCC2)cc1Br. The Hall–Kier alpha value is -0.540. The summed E-state index contributed by atoms with van der Waals surface area (Å²) in [6, 6.07) is 6.70. The molecule has 0 bridgehead atoms. The molecule has 1 aliphatic rings. The van der Waals surface area contributed by atoms with Crippen molar-refractivity contribution in [3.63, 3.8) is 0 Å². The Bertz CT molecular complexity index is 388. The van der Waals surface area contributed by atoms with Crippen molar-refractivity contribution in [1.29, 1.82) is 0 Å². The number of rotatable bonds is 5. The zero-order valence-electron chi connectivity index (χ0n) is 11.2. The van der Waals surface area contributed by atoms with E-state index in [1.165, 1.54) is 31.2 Å². The van der Waals surface area contributed by atoms with Gasteiger partial charge in [-0.05, 0) is 65.9 Å². The van der Waals surface area contributed by atoms with Crippen LogP contribution in [-0.4, -0.2) is 13.7 Å². The first-order chi connectivity index (χ1) is 8.70. The van der Waals surface area contributed by atoms with Crippen LogP contribution in [0.2, 0.25) is 0 Å². The fraction of sp³-hybridized carbons (Fsp3) is 0.600. The highest BCUT2D eigenvalue weighted by atomic mass is 79.9. The van der Waals surface area contributed by atoms with Gasteiger partial charge < -0.3 is 10.1 Å². The number of ether oxygens (including phenoxy) is 1. The van der Waals surface area contributed by atoms with Gasteiger partial charge in [-0.15, -0.1) is 0 Å². The van der Waals surface area contributed by atoms with Gasteiger partial charge in [0, 0.05) is 6.04 Å². The molecule has 2 rings (SSSR count). The average molecular weight is 312 g/mol. The van der Waals surface area contributed by atoms with E-state index < -0.39 is 0 Å². The van der Waals surface area contributed by atoms with E-state index in [-0.39, 0.29) is 0 Å². The van der Waals surface area contributed by atoms with Crippen molar-refractivity contribution >= 4 is 15.9 Å². The third kappa shape index (κ3) is 3.48. The summed E-state index contributed by atoms with van der Waals surface area (Å²) >= 11 is 3.54. The molecule has 2 nitrogen and oxygen atoms in total. The smallest absolute Gasteiger partial charge is 0.133 e. The number of benzene rings is 1. The molecule has 1 aromatic rings. The topological polar surface area (TPSA) is 21.3 Å². The highest BCUT2D eigenvalue weighted by molar-refractivity contribution is 9.10. The molecule has 0 heterocycles. The highest BCUT2D eigenvalue weighted by Crippen LogP contribution is 2.29. The predicted molar refractivity (Wildman–Crippen MR) is 79.1 cm³/mol. The molecule has 0 aromatic heterocycles. The lowest BCUT2D eigenvalue weighted by molar-refractivity contribution is 0.411. The van der Waals surface area contributed by atoms with Gasteiger partial charge in [-0.25, -0.2) is 0 Å². The first-order valence-electron chi connectivity index (χ1n) is 6.77. The van der Waals surface area contributed by atoms with E-state index >= 15 is 0 Å². The van der Waals surface area contributed by atoms with Crippen LogP contribution in [0.4, 0.5) is 0 Å². The quantitative estimate of drug-likeness (QED) is 0.875. The molecule has 0 radical (unpaired) electrons.